The van der Waals surface area contributed by atoms with Gasteiger partial charge in [-0.25, -0.2) is 4.98 Å². The van der Waals surface area contributed by atoms with E-state index in [1.807, 2.05) is 54.6 Å². The molecular formula is C27H18BrN3O4. The van der Waals surface area contributed by atoms with Gasteiger partial charge in [0.25, 0.3) is 0 Å². The van der Waals surface area contributed by atoms with Crippen molar-refractivity contribution in [1.29, 1.82) is 0 Å². The quantitative estimate of drug-likeness (QED) is 0.143. The number of halogens is 1. The zero-order valence-corrected chi connectivity index (χ0v) is 19.8. The van der Waals surface area contributed by atoms with Crippen molar-refractivity contribution in [2.45, 2.75) is 6.42 Å². The summed E-state index contributed by atoms with van der Waals surface area (Å²) in [6.07, 6.45) is 1.91. The topological polar surface area (TPSA) is 102 Å². The van der Waals surface area contributed by atoms with Crippen LogP contribution in [0, 0.1) is 10.1 Å². The van der Waals surface area contributed by atoms with Gasteiger partial charge in [-0.2, -0.15) is 0 Å². The molecule has 0 radical (unpaired) electrons. The largest absolute Gasteiger partial charge is 0.502 e. The molecule has 0 aliphatic rings. The maximum Gasteiger partial charge on any atom is 0.311 e. The molecule has 1 N–H and O–H groups in total. The highest BCUT2D eigenvalue weighted by Gasteiger charge is 2.18. The Labute approximate surface area is 208 Å². The highest BCUT2D eigenvalue weighted by Crippen LogP contribution is 2.33. The molecule has 0 aliphatic heterocycles. The molecule has 0 bridgehead atoms. The van der Waals surface area contributed by atoms with Gasteiger partial charge in [0.2, 0.25) is 11.6 Å². The second-order valence-electron chi connectivity index (χ2n) is 7.88. The third-order valence-corrected chi connectivity index (χ3v) is 6.15. The van der Waals surface area contributed by atoms with Crippen LogP contribution in [0.25, 0.3) is 22.6 Å². The Morgan fingerprint density at radius 2 is 1.77 bits per heavy atom. The summed E-state index contributed by atoms with van der Waals surface area (Å²) in [7, 11) is 0. The normalized spacial score (nSPS) is 11.3. The molecule has 0 spiro atoms. The van der Waals surface area contributed by atoms with E-state index < -0.39 is 10.7 Å². The summed E-state index contributed by atoms with van der Waals surface area (Å²) >= 11 is 3.51. The Balaban J connectivity index is 1.48. The van der Waals surface area contributed by atoms with Gasteiger partial charge in [-0.15, -0.1) is 0 Å². The predicted octanol–water partition coefficient (Wildman–Crippen LogP) is 7.21. The Kier molecular flexibility index (Phi) is 6.12. The number of oxazole rings is 1. The Hall–Kier alpha value is -4.30. The number of aliphatic imine (C=N–C) groups is 1. The fraction of sp³-hybridized carbons (Fsp3) is 0.0370. The van der Waals surface area contributed by atoms with Gasteiger partial charge in [-0.05, 0) is 69.9 Å². The van der Waals surface area contributed by atoms with Crippen molar-refractivity contribution in [3.63, 3.8) is 0 Å². The van der Waals surface area contributed by atoms with Crippen LogP contribution in [0.15, 0.2) is 98.8 Å². The van der Waals surface area contributed by atoms with Crippen LogP contribution in [0.1, 0.15) is 16.7 Å². The number of fused-ring (bicyclic) bond motifs is 1. The lowest BCUT2D eigenvalue weighted by atomic mass is 10.0. The fourth-order valence-corrected chi connectivity index (χ4v) is 4.22. The van der Waals surface area contributed by atoms with Crippen molar-refractivity contribution in [1.82, 2.24) is 4.98 Å². The molecule has 0 fully saturated rings. The van der Waals surface area contributed by atoms with E-state index >= 15 is 0 Å². The molecule has 172 valence electrons. The van der Waals surface area contributed by atoms with Gasteiger partial charge in [0.1, 0.15) is 5.52 Å². The van der Waals surface area contributed by atoms with E-state index in [1.54, 1.807) is 24.3 Å². The van der Waals surface area contributed by atoms with Crippen LogP contribution in [0.2, 0.25) is 0 Å². The van der Waals surface area contributed by atoms with E-state index in [-0.39, 0.29) is 11.3 Å². The van der Waals surface area contributed by atoms with Gasteiger partial charge < -0.3 is 9.52 Å². The SMILES string of the molecule is O=[N+]([O-])c1cc(Cc2ccccc2)cc(C=Nc2ccc3oc(-c4ccccc4Br)nc3c2)c1O. The van der Waals surface area contributed by atoms with Gasteiger partial charge in [-0.3, -0.25) is 15.1 Å². The highest BCUT2D eigenvalue weighted by atomic mass is 79.9. The number of aromatic nitrogens is 1. The molecule has 4 aromatic carbocycles. The van der Waals surface area contributed by atoms with Gasteiger partial charge in [0.05, 0.1) is 16.2 Å². The van der Waals surface area contributed by atoms with Gasteiger partial charge in [-0.1, -0.05) is 42.5 Å². The molecule has 1 heterocycles. The van der Waals surface area contributed by atoms with E-state index in [1.165, 1.54) is 12.3 Å². The van der Waals surface area contributed by atoms with Crippen LogP contribution < -0.4 is 0 Å². The summed E-state index contributed by atoms with van der Waals surface area (Å²) in [5.41, 5.74) is 4.25. The number of phenolic OH excluding ortho intramolecular Hbond substituents is 1. The van der Waals surface area contributed by atoms with Crippen molar-refractivity contribution in [2.24, 2.45) is 4.99 Å². The number of nitro groups is 1. The van der Waals surface area contributed by atoms with Gasteiger partial charge in [0, 0.05) is 22.3 Å². The number of hydrogen-bond acceptors (Lipinski definition) is 6. The molecule has 0 amide bonds. The lowest BCUT2D eigenvalue weighted by Crippen LogP contribution is -1.97. The number of phenols is 1. The molecule has 7 nitrogen and oxygen atoms in total. The van der Waals surface area contributed by atoms with Crippen LogP contribution in [0.3, 0.4) is 0 Å². The zero-order chi connectivity index (χ0) is 24.4. The first-order valence-electron chi connectivity index (χ1n) is 10.7. The Morgan fingerprint density at radius 1 is 1.00 bits per heavy atom. The maximum atomic E-state index is 11.5. The summed E-state index contributed by atoms with van der Waals surface area (Å²) in [6, 6.07) is 25.7. The van der Waals surface area contributed by atoms with Crippen molar-refractivity contribution >= 4 is 44.6 Å². The standard InChI is InChI=1S/C27H18BrN3O4/c28-22-9-5-4-8-21(22)27-30-23-15-20(10-11-25(23)35-27)29-16-19-13-18(12-17-6-2-1-3-7-17)14-24(26(19)32)31(33)34/h1-11,13-16,32H,12H2. The molecule has 35 heavy (non-hydrogen) atoms. The van der Waals surface area contributed by atoms with Gasteiger partial charge >= 0.3 is 5.69 Å². The molecule has 5 aromatic rings. The van der Waals surface area contributed by atoms with Gasteiger partial charge in [0.15, 0.2) is 5.58 Å². The van der Waals surface area contributed by atoms with Crippen LogP contribution in [0.5, 0.6) is 5.75 Å². The van der Waals surface area contributed by atoms with E-state index in [0.29, 0.717) is 34.7 Å². The van der Waals surface area contributed by atoms with E-state index in [4.69, 9.17) is 4.42 Å². The molecule has 0 saturated heterocycles. The third kappa shape index (κ3) is 4.83. The lowest BCUT2D eigenvalue weighted by Gasteiger charge is -2.06. The average molecular weight is 528 g/mol. The van der Waals surface area contributed by atoms with E-state index in [9.17, 15) is 15.2 Å². The van der Waals surface area contributed by atoms with Crippen molar-refractivity contribution in [3.8, 4) is 17.2 Å². The van der Waals surface area contributed by atoms with E-state index in [0.717, 1.165) is 15.6 Å². The Bertz CT molecular complexity index is 1580. The minimum absolute atomic E-state index is 0.263. The monoisotopic (exact) mass is 527 g/mol. The molecule has 0 aliphatic carbocycles. The summed E-state index contributed by atoms with van der Waals surface area (Å²) < 4.78 is 6.75. The first-order chi connectivity index (χ1) is 17.0. The molecule has 1 aromatic heterocycles. The van der Waals surface area contributed by atoms with Crippen LogP contribution in [-0.2, 0) is 6.42 Å². The Morgan fingerprint density at radius 3 is 2.54 bits per heavy atom. The summed E-state index contributed by atoms with van der Waals surface area (Å²) in [5, 5.41) is 22.0. The van der Waals surface area contributed by atoms with Crippen LogP contribution in [0.4, 0.5) is 11.4 Å². The lowest BCUT2D eigenvalue weighted by molar-refractivity contribution is -0.385. The molecule has 0 atom stereocenters. The summed E-state index contributed by atoms with van der Waals surface area (Å²) in [5.74, 6) is 0.0600. The smallest absolute Gasteiger partial charge is 0.311 e. The average Bonchev–Trinajstić information content (AvgIpc) is 3.28. The molecule has 5 rings (SSSR count). The number of nitro benzene ring substituents is 1. The summed E-state index contributed by atoms with van der Waals surface area (Å²) in [4.78, 5) is 19.9. The third-order valence-electron chi connectivity index (χ3n) is 5.45. The number of nitrogens with zero attached hydrogens (tertiary/aromatic N) is 3. The minimum atomic E-state index is -0.591. The number of aromatic hydroxyl groups is 1. The summed E-state index contributed by atoms with van der Waals surface area (Å²) in [6.45, 7) is 0. The van der Waals surface area contributed by atoms with Crippen LogP contribution in [-0.4, -0.2) is 21.2 Å². The van der Waals surface area contributed by atoms with Crippen molar-refractivity contribution in [2.75, 3.05) is 0 Å². The second kappa shape index (κ2) is 9.52. The highest BCUT2D eigenvalue weighted by molar-refractivity contribution is 9.10. The molecule has 8 heteroatoms. The number of benzene rings is 4. The molecule has 0 saturated carbocycles. The first-order valence-corrected chi connectivity index (χ1v) is 11.5. The van der Waals surface area contributed by atoms with Crippen molar-refractivity contribution < 1.29 is 14.4 Å². The zero-order valence-electron chi connectivity index (χ0n) is 18.3. The molecular weight excluding hydrogens is 510 g/mol. The second-order valence-corrected chi connectivity index (χ2v) is 8.74. The first kappa shape index (κ1) is 22.5. The fourth-order valence-electron chi connectivity index (χ4n) is 3.76. The molecule has 0 unspecified atom stereocenters. The predicted molar refractivity (Wildman–Crippen MR) is 138 cm³/mol. The van der Waals surface area contributed by atoms with Crippen molar-refractivity contribution in [3.05, 3.63) is 116 Å². The van der Waals surface area contributed by atoms with Crippen LogP contribution >= 0.6 is 15.9 Å². The number of hydrogen-bond donors (Lipinski definition) is 1. The number of rotatable bonds is 6. The maximum absolute atomic E-state index is 11.5. The van der Waals surface area contributed by atoms with E-state index in [2.05, 4.69) is 25.9 Å². The minimum Gasteiger partial charge on any atom is -0.502 e.